The van der Waals surface area contributed by atoms with Crippen molar-refractivity contribution in [1.82, 2.24) is 20.4 Å². The molecule has 3 rings (SSSR count). The molecule has 2 N–H and O–H groups in total. The highest BCUT2D eigenvalue weighted by Gasteiger charge is 2.16. The zero-order valence-electron chi connectivity index (χ0n) is 15.2. The van der Waals surface area contributed by atoms with Crippen LogP contribution in [0.25, 0.3) is 0 Å². The summed E-state index contributed by atoms with van der Waals surface area (Å²) in [7, 11) is 2.18. The second-order valence-electron chi connectivity index (χ2n) is 7.10. The van der Waals surface area contributed by atoms with Crippen molar-refractivity contribution in [2.75, 3.05) is 53.0 Å². The summed E-state index contributed by atoms with van der Waals surface area (Å²) < 4.78 is 5.38. The summed E-state index contributed by atoms with van der Waals surface area (Å²) in [6.45, 7) is 8.32. The smallest absolute Gasteiger partial charge is 0.221 e. The Labute approximate surface area is 150 Å². The molecule has 6 nitrogen and oxygen atoms in total. The zero-order valence-corrected chi connectivity index (χ0v) is 15.2. The predicted molar refractivity (Wildman–Crippen MR) is 98.3 cm³/mol. The van der Waals surface area contributed by atoms with Crippen molar-refractivity contribution in [3.05, 3.63) is 35.4 Å². The molecule has 0 aromatic heterocycles. The molecule has 0 radical (unpaired) electrons. The summed E-state index contributed by atoms with van der Waals surface area (Å²) >= 11 is 0. The van der Waals surface area contributed by atoms with E-state index in [0.29, 0.717) is 19.6 Å². The minimum absolute atomic E-state index is 0.0736. The van der Waals surface area contributed by atoms with Gasteiger partial charge in [-0.3, -0.25) is 9.69 Å². The standard InChI is InChI=1S/C19H30N4O2/c1-22-7-9-23(10-8-22)14-17-4-2-16(3-5-17)13-21-19(24)12-18-15-25-11-6-20-18/h2-5,18,20H,6-15H2,1H3,(H,21,24). The first-order chi connectivity index (χ1) is 12.2. The molecule has 2 aliphatic rings. The molecule has 2 fully saturated rings. The van der Waals surface area contributed by atoms with E-state index in [1.54, 1.807) is 0 Å². The van der Waals surface area contributed by atoms with Crippen LogP contribution in [0.5, 0.6) is 0 Å². The lowest BCUT2D eigenvalue weighted by Gasteiger charge is -2.32. The van der Waals surface area contributed by atoms with Crippen LogP contribution < -0.4 is 10.6 Å². The Balaban J connectivity index is 1.39. The molecule has 0 spiro atoms. The van der Waals surface area contributed by atoms with E-state index in [1.165, 1.54) is 5.56 Å². The van der Waals surface area contributed by atoms with Gasteiger partial charge in [0.2, 0.25) is 5.91 Å². The quantitative estimate of drug-likeness (QED) is 0.782. The van der Waals surface area contributed by atoms with Gasteiger partial charge in [0.1, 0.15) is 0 Å². The highest BCUT2D eigenvalue weighted by atomic mass is 16.5. The largest absolute Gasteiger partial charge is 0.378 e. The number of piperazine rings is 1. The lowest BCUT2D eigenvalue weighted by atomic mass is 10.1. The normalized spacial score (nSPS) is 22.7. The molecule has 1 atom stereocenters. The Morgan fingerprint density at radius 2 is 1.92 bits per heavy atom. The van der Waals surface area contributed by atoms with Gasteiger partial charge in [-0.15, -0.1) is 0 Å². The Hall–Kier alpha value is -1.47. The van der Waals surface area contributed by atoms with Gasteiger partial charge in [0.05, 0.1) is 13.2 Å². The Kier molecular flexibility index (Phi) is 6.81. The number of nitrogens with one attached hydrogen (secondary N) is 2. The first-order valence-electron chi connectivity index (χ1n) is 9.25. The number of ether oxygens (including phenoxy) is 1. The number of amides is 1. The molecule has 25 heavy (non-hydrogen) atoms. The Bertz CT molecular complexity index is 535. The van der Waals surface area contributed by atoms with Crippen LogP contribution in [0.15, 0.2) is 24.3 Å². The van der Waals surface area contributed by atoms with Crippen molar-refractivity contribution in [2.45, 2.75) is 25.6 Å². The van der Waals surface area contributed by atoms with Crippen molar-refractivity contribution in [3.63, 3.8) is 0 Å². The third-order valence-electron chi connectivity index (χ3n) is 4.94. The lowest BCUT2D eigenvalue weighted by Crippen LogP contribution is -2.44. The van der Waals surface area contributed by atoms with Crippen LogP contribution in [0.4, 0.5) is 0 Å². The average Bonchev–Trinajstić information content (AvgIpc) is 2.64. The van der Waals surface area contributed by atoms with Gasteiger partial charge in [0, 0.05) is 58.3 Å². The number of nitrogens with zero attached hydrogens (tertiary/aromatic N) is 2. The average molecular weight is 346 g/mol. The maximum absolute atomic E-state index is 12.0. The van der Waals surface area contributed by atoms with Crippen LogP contribution in [0.2, 0.25) is 0 Å². The highest BCUT2D eigenvalue weighted by Crippen LogP contribution is 2.10. The van der Waals surface area contributed by atoms with Crippen LogP contribution in [0.1, 0.15) is 17.5 Å². The predicted octanol–water partition coefficient (Wildman–Crippen LogP) is 0.429. The first-order valence-corrected chi connectivity index (χ1v) is 9.25. The summed E-state index contributed by atoms with van der Waals surface area (Å²) in [6.07, 6.45) is 0.474. The van der Waals surface area contributed by atoms with E-state index in [4.69, 9.17) is 4.74 Å². The molecular formula is C19H30N4O2. The fourth-order valence-corrected chi connectivity index (χ4v) is 3.27. The Morgan fingerprint density at radius 1 is 1.20 bits per heavy atom. The van der Waals surface area contributed by atoms with E-state index in [0.717, 1.165) is 51.4 Å². The lowest BCUT2D eigenvalue weighted by molar-refractivity contribution is -0.122. The summed E-state index contributed by atoms with van der Waals surface area (Å²) in [6, 6.07) is 8.73. The van der Waals surface area contributed by atoms with Crippen molar-refractivity contribution >= 4 is 5.91 Å². The van der Waals surface area contributed by atoms with Gasteiger partial charge < -0.3 is 20.3 Å². The molecule has 0 saturated carbocycles. The van der Waals surface area contributed by atoms with E-state index in [-0.39, 0.29) is 11.9 Å². The number of hydrogen-bond donors (Lipinski definition) is 2. The molecule has 1 aromatic rings. The van der Waals surface area contributed by atoms with Crippen molar-refractivity contribution in [3.8, 4) is 0 Å². The fraction of sp³-hybridized carbons (Fsp3) is 0.632. The van der Waals surface area contributed by atoms with Crippen molar-refractivity contribution in [1.29, 1.82) is 0 Å². The van der Waals surface area contributed by atoms with E-state index >= 15 is 0 Å². The van der Waals surface area contributed by atoms with Gasteiger partial charge in [0.25, 0.3) is 0 Å². The summed E-state index contributed by atoms with van der Waals surface area (Å²) in [5.74, 6) is 0.0736. The first kappa shape index (κ1) is 18.3. The fourth-order valence-electron chi connectivity index (χ4n) is 3.27. The van der Waals surface area contributed by atoms with Crippen LogP contribution in [-0.2, 0) is 22.6 Å². The summed E-state index contributed by atoms with van der Waals surface area (Å²) in [4.78, 5) is 16.9. The molecule has 6 heteroatoms. The molecule has 2 aliphatic heterocycles. The number of benzene rings is 1. The van der Waals surface area contributed by atoms with Crippen LogP contribution in [0, 0.1) is 0 Å². The number of rotatable bonds is 6. The number of hydrogen-bond acceptors (Lipinski definition) is 5. The number of likely N-dealkylation sites (N-methyl/N-ethyl adjacent to an activating group) is 1. The third-order valence-corrected chi connectivity index (χ3v) is 4.94. The van der Waals surface area contributed by atoms with Gasteiger partial charge >= 0.3 is 0 Å². The minimum atomic E-state index is 0.0736. The van der Waals surface area contributed by atoms with Gasteiger partial charge in [-0.25, -0.2) is 0 Å². The zero-order chi connectivity index (χ0) is 17.5. The summed E-state index contributed by atoms with van der Waals surface area (Å²) in [5, 5.41) is 6.31. The molecule has 2 heterocycles. The van der Waals surface area contributed by atoms with E-state index in [2.05, 4.69) is 51.7 Å². The molecule has 0 aliphatic carbocycles. The van der Waals surface area contributed by atoms with E-state index in [9.17, 15) is 4.79 Å². The molecule has 1 aromatic carbocycles. The monoisotopic (exact) mass is 346 g/mol. The molecule has 1 amide bonds. The van der Waals surface area contributed by atoms with Crippen molar-refractivity contribution < 1.29 is 9.53 Å². The molecular weight excluding hydrogens is 316 g/mol. The van der Waals surface area contributed by atoms with Crippen LogP contribution in [-0.4, -0.2) is 74.7 Å². The second kappa shape index (κ2) is 9.29. The maximum atomic E-state index is 12.0. The third kappa shape index (κ3) is 6.08. The molecule has 138 valence electrons. The van der Waals surface area contributed by atoms with Gasteiger partial charge in [-0.05, 0) is 18.2 Å². The maximum Gasteiger partial charge on any atom is 0.221 e. The number of carbonyl (C=O) groups excluding carboxylic acids is 1. The number of morpholine rings is 1. The van der Waals surface area contributed by atoms with E-state index < -0.39 is 0 Å². The van der Waals surface area contributed by atoms with Gasteiger partial charge in [-0.2, -0.15) is 0 Å². The van der Waals surface area contributed by atoms with Gasteiger partial charge in [0.15, 0.2) is 0 Å². The van der Waals surface area contributed by atoms with Crippen molar-refractivity contribution in [2.24, 2.45) is 0 Å². The van der Waals surface area contributed by atoms with Crippen LogP contribution in [0.3, 0.4) is 0 Å². The van der Waals surface area contributed by atoms with Crippen LogP contribution >= 0.6 is 0 Å². The number of carbonyl (C=O) groups is 1. The molecule has 0 bridgehead atoms. The highest BCUT2D eigenvalue weighted by molar-refractivity contribution is 5.76. The second-order valence-corrected chi connectivity index (χ2v) is 7.10. The SMILES string of the molecule is CN1CCN(Cc2ccc(CNC(=O)CC3COCCN3)cc2)CC1. The minimum Gasteiger partial charge on any atom is -0.378 e. The molecule has 2 saturated heterocycles. The van der Waals surface area contributed by atoms with Gasteiger partial charge in [-0.1, -0.05) is 24.3 Å². The topological polar surface area (TPSA) is 56.8 Å². The summed E-state index contributed by atoms with van der Waals surface area (Å²) in [5.41, 5.74) is 2.48. The van der Waals surface area contributed by atoms with E-state index in [1.807, 2.05) is 0 Å². The Morgan fingerprint density at radius 3 is 2.60 bits per heavy atom. The molecule has 1 unspecified atom stereocenters.